The summed E-state index contributed by atoms with van der Waals surface area (Å²) in [6.45, 7) is 3.15. The number of benzene rings is 1. The molecular formula is C15H18N2O4. The standard InChI is InChI=1S/C15H18N2O4/c1-10-4-3-7-17(9-10)15(20)16-13-6-5-11(21-2)8-12(13)14(18)19/h4-6,8H,3,7,9H2,1-2H3,(H,16,20)(H,18,19). The van der Waals surface area contributed by atoms with Gasteiger partial charge in [-0.05, 0) is 31.5 Å². The van der Waals surface area contributed by atoms with Crippen LogP contribution in [0.1, 0.15) is 23.7 Å². The second kappa shape index (κ2) is 6.30. The first-order chi connectivity index (χ1) is 10.0. The summed E-state index contributed by atoms with van der Waals surface area (Å²) in [5.74, 6) is -0.680. The topological polar surface area (TPSA) is 78.9 Å². The highest BCUT2D eigenvalue weighted by Crippen LogP contribution is 2.23. The average Bonchev–Trinajstić information content (AvgIpc) is 2.47. The first kappa shape index (κ1) is 14.9. The Balaban J connectivity index is 2.17. The maximum absolute atomic E-state index is 12.2. The predicted octanol–water partition coefficient (Wildman–Crippen LogP) is 2.58. The second-order valence-corrected chi connectivity index (χ2v) is 4.91. The summed E-state index contributed by atoms with van der Waals surface area (Å²) in [6.07, 6.45) is 2.91. The fourth-order valence-electron chi connectivity index (χ4n) is 2.22. The maximum Gasteiger partial charge on any atom is 0.337 e. The van der Waals surface area contributed by atoms with Gasteiger partial charge in [-0.2, -0.15) is 0 Å². The molecule has 1 aromatic carbocycles. The van der Waals surface area contributed by atoms with Crippen LogP contribution in [0.15, 0.2) is 29.8 Å². The summed E-state index contributed by atoms with van der Waals surface area (Å²) in [7, 11) is 1.46. The first-order valence-corrected chi connectivity index (χ1v) is 6.64. The van der Waals surface area contributed by atoms with Gasteiger partial charge in [-0.15, -0.1) is 0 Å². The van der Waals surface area contributed by atoms with Gasteiger partial charge in [0.05, 0.1) is 18.4 Å². The zero-order chi connectivity index (χ0) is 15.4. The van der Waals surface area contributed by atoms with Crippen molar-refractivity contribution in [2.24, 2.45) is 0 Å². The molecule has 1 heterocycles. The van der Waals surface area contributed by atoms with E-state index in [0.717, 1.165) is 12.0 Å². The van der Waals surface area contributed by atoms with Crippen LogP contribution in [-0.2, 0) is 0 Å². The van der Waals surface area contributed by atoms with Crippen molar-refractivity contribution in [3.8, 4) is 5.75 Å². The van der Waals surface area contributed by atoms with Crippen LogP contribution in [0.5, 0.6) is 5.75 Å². The number of nitrogens with one attached hydrogen (secondary N) is 1. The van der Waals surface area contributed by atoms with E-state index in [1.54, 1.807) is 11.0 Å². The molecule has 0 aromatic heterocycles. The van der Waals surface area contributed by atoms with Crippen LogP contribution in [0, 0.1) is 0 Å². The number of ether oxygens (including phenoxy) is 1. The van der Waals surface area contributed by atoms with Gasteiger partial charge in [-0.25, -0.2) is 9.59 Å². The molecule has 0 bridgehead atoms. The minimum atomic E-state index is -1.11. The zero-order valence-electron chi connectivity index (χ0n) is 12.0. The number of anilines is 1. The van der Waals surface area contributed by atoms with Gasteiger partial charge in [0.25, 0.3) is 0 Å². The number of rotatable bonds is 3. The van der Waals surface area contributed by atoms with E-state index in [1.165, 1.54) is 19.2 Å². The van der Waals surface area contributed by atoms with Crippen molar-refractivity contribution in [1.29, 1.82) is 0 Å². The number of amides is 2. The molecule has 0 unspecified atom stereocenters. The van der Waals surface area contributed by atoms with Gasteiger partial charge in [0.1, 0.15) is 5.75 Å². The van der Waals surface area contributed by atoms with E-state index in [-0.39, 0.29) is 17.3 Å². The molecule has 0 saturated heterocycles. The molecule has 0 fully saturated rings. The van der Waals surface area contributed by atoms with E-state index in [2.05, 4.69) is 11.4 Å². The number of carboxylic acids is 1. The van der Waals surface area contributed by atoms with Crippen molar-refractivity contribution in [3.05, 3.63) is 35.4 Å². The van der Waals surface area contributed by atoms with Crippen molar-refractivity contribution in [2.45, 2.75) is 13.3 Å². The fourth-order valence-corrected chi connectivity index (χ4v) is 2.22. The van der Waals surface area contributed by atoms with Gasteiger partial charge in [0.15, 0.2) is 0 Å². The number of methoxy groups -OCH3 is 1. The smallest absolute Gasteiger partial charge is 0.337 e. The molecule has 0 aliphatic carbocycles. The first-order valence-electron chi connectivity index (χ1n) is 6.64. The summed E-state index contributed by atoms with van der Waals surface area (Å²) in [6, 6.07) is 4.24. The quantitative estimate of drug-likeness (QED) is 0.839. The third-order valence-corrected chi connectivity index (χ3v) is 3.32. The van der Waals surface area contributed by atoms with Crippen LogP contribution in [0.2, 0.25) is 0 Å². The Labute approximate surface area is 123 Å². The predicted molar refractivity (Wildman–Crippen MR) is 78.9 cm³/mol. The number of carbonyl (C=O) groups excluding carboxylic acids is 1. The van der Waals surface area contributed by atoms with Crippen LogP contribution < -0.4 is 10.1 Å². The highest BCUT2D eigenvalue weighted by Gasteiger charge is 2.19. The lowest BCUT2D eigenvalue weighted by atomic mass is 10.1. The Bertz CT molecular complexity index is 595. The normalized spacial score (nSPS) is 14.4. The monoisotopic (exact) mass is 290 g/mol. The third-order valence-electron chi connectivity index (χ3n) is 3.32. The number of nitrogens with zero attached hydrogens (tertiary/aromatic N) is 1. The van der Waals surface area contributed by atoms with Gasteiger partial charge in [0.2, 0.25) is 0 Å². The van der Waals surface area contributed by atoms with Gasteiger partial charge in [-0.3, -0.25) is 0 Å². The molecule has 0 saturated carbocycles. The zero-order valence-corrected chi connectivity index (χ0v) is 12.0. The van der Waals surface area contributed by atoms with E-state index in [1.807, 2.05) is 6.92 Å². The Kier molecular flexibility index (Phi) is 4.47. The van der Waals surface area contributed by atoms with E-state index in [0.29, 0.717) is 18.8 Å². The summed E-state index contributed by atoms with van der Waals surface area (Å²) >= 11 is 0. The molecule has 0 atom stereocenters. The Morgan fingerprint density at radius 3 is 2.76 bits per heavy atom. The average molecular weight is 290 g/mol. The van der Waals surface area contributed by atoms with Crippen molar-refractivity contribution in [3.63, 3.8) is 0 Å². The summed E-state index contributed by atoms with van der Waals surface area (Å²) in [5.41, 5.74) is 1.40. The molecule has 21 heavy (non-hydrogen) atoms. The fraction of sp³-hybridized carbons (Fsp3) is 0.333. The van der Waals surface area contributed by atoms with Gasteiger partial charge in [-0.1, -0.05) is 11.6 Å². The molecule has 0 radical (unpaired) electrons. The van der Waals surface area contributed by atoms with E-state index < -0.39 is 5.97 Å². The molecule has 6 nitrogen and oxygen atoms in total. The lowest BCUT2D eigenvalue weighted by Crippen LogP contribution is -2.38. The summed E-state index contributed by atoms with van der Waals surface area (Å²) in [5, 5.41) is 11.9. The molecule has 1 aliphatic rings. The van der Waals surface area contributed by atoms with Crippen LogP contribution in [0.3, 0.4) is 0 Å². The number of carbonyl (C=O) groups is 2. The van der Waals surface area contributed by atoms with Gasteiger partial charge < -0.3 is 20.1 Å². The number of hydrogen-bond donors (Lipinski definition) is 2. The van der Waals surface area contributed by atoms with Gasteiger partial charge >= 0.3 is 12.0 Å². The van der Waals surface area contributed by atoms with Crippen molar-refractivity contribution < 1.29 is 19.4 Å². The number of hydrogen-bond acceptors (Lipinski definition) is 3. The SMILES string of the molecule is COc1ccc(NC(=O)N2CCC=C(C)C2)c(C(=O)O)c1. The van der Waals surface area contributed by atoms with Crippen LogP contribution >= 0.6 is 0 Å². The molecule has 6 heteroatoms. The van der Waals surface area contributed by atoms with Crippen molar-refractivity contribution in [2.75, 3.05) is 25.5 Å². The number of urea groups is 1. The number of carboxylic acid groups (broad SMARTS) is 1. The second-order valence-electron chi connectivity index (χ2n) is 4.91. The lowest BCUT2D eigenvalue weighted by molar-refractivity contribution is 0.0697. The van der Waals surface area contributed by atoms with Crippen LogP contribution in [0.4, 0.5) is 10.5 Å². The molecule has 2 amide bonds. The molecule has 112 valence electrons. The highest BCUT2D eigenvalue weighted by molar-refractivity contribution is 6.00. The Morgan fingerprint density at radius 1 is 1.38 bits per heavy atom. The largest absolute Gasteiger partial charge is 0.497 e. The highest BCUT2D eigenvalue weighted by atomic mass is 16.5. The minimum Gasteiger partial charge on any atom is -0.497 e. The molecular weight excluding hydrogens is 272 g/mol. The molecule has 1 aromatic rings. The lowest BCUT2D eigenvalue weighted by Gasteiger charge is -2.26. The Hall–Kier alpha value is -2.50. The van der Waals surface area contributed by atoms with Crippen LogP contribution in [0.25, 0.3) is 0 Å². The number of aromatic carboxylic acids is 1. The van der Waals surface area contributed by atoms with E-state index in [9.17, 15) is 14.7 Å². The summed E-state index contributed by atoms with van der Waals surface area (Å²) < 4.78 is 5.00. The van der Waals surface area contributed by atoms with Crippen LogP contribution in [-0.4, -0.2) is 42.2 Å². The molecule has 2 N–H and O–H groups in total. The van der Waals surface area contributed by atoms with Gasteiger partial charge in [0, 0.05) is 13.1 Å². The van der Waals surface area contributed by atoms with E-state index in [4.69, 9.17) is 4.74 Å². The molecule has 1 aliphatic heterocycles. The Morgan fingerprint density at radius 2 is 2.14 bits per heavy atom. The molecule has 2 rings (SSSR count). The maximum atomic E-state index is 12.2. The minimum absolute atomic E-state index is 0.00646. The third kappa shape index (κ3) is 3.53. The molecule has 0 spiro atoms. The van der Waals surface area contributed by atoms with Crippen molar-refractivity contribution >= 4 is 17.7 Å². The van der Waals surface area contributed by atoms with E-state index >= 15 is 0 Å². The van der Waals surface area contributed by atoms with Crippen molar-refractivity contribution in [1.82, 2.24) is 4.90 Å². The summed E-state index contributed by atoms with van der Waals surface area (Å²) in [4.78, 5) is 25.1.